The Morgan fingerprint density at radius 3 is 2.84 bits per heavy atom. The molecular weight excluding hydrogens is 238 g/mol. The molecule has 0 atom stereocenters. The number of ketones is 1. The number of carbonyl (C=O) groups is 1. The topological polar surface area (TPSA) is 31.2 Å². The van der Waals surface area contributed by atoms with Crippen LogP contribution in [-0.4, -0.2) is 23.6 Å². The Bertz CT molecular complexity index is 446. The van der Waals surface area contributed by atoms with Crippen LogP contribution in [0.25, 0.3) is 0 Å². The molecule has 0 amide bonds. The smallest absolute Gasteiger partial charge is 0.164 e. The number of carbonyl (C=O) groups excluding carboxylic acids is 1. The lowest BCUT2D eigenvalue weighted by Crippen LogP contribution is -2.16. The molecule has 0 fully saturated rings. The van der Waals surface area contributed by atoms with E-state index in [1.54, 1.807) is 0 Å². The van der Waals surface area contributed by atoms with E-state index >= 15 is 0 Å². The van der Waals surface area contributed by atoms with Crippen LogP contribution in [0, 0.1) is 12.8 Å². The maximum Gasteiger partial charge on any atom is 0.164 e. The van der Waals surface area contributed by atoms with Gasteiger partial charge in [0.1, 0.15) is 0 Å². The SMILES string of the molecule is Cc1cc2c(n1CCOCCC(C)C)CCCC2=O. The molecular formula is C16H25NO2. The van der Waals surface area contributed by atoms with Gasteiger partial charge in [-0.2, -0.15) is 0 Å². The molecule has 19 heavy (non-hydrogen) atoms. The van der Waals surface area contributed by atoms with Crippen molar-refractivity contribution in [1.82, 2.24) is 4.57 Å². The fourth-order valence-electron chi connectivity index (χ4n) is 2.68. The van der Waals surface area contributed by atoms with Gasteiger partial charge < -0.3 is 9.30 Å². The summed E-state index contributed by atoms with van der Waals surface area (Å²) in [4.78, 5) is 11.9. The van der Waals surface area contributed by atoms with E-state index in [1.807, 2.05) is 6.07 Å². The molecule has 0 aliphatic heterocycles. The number of ether oxygens (including phenoxy) is 1. The van der Waals surface area contributed by atoms with E-state index in [1.165, 1.54) is 11.4 Å². The van der Waals surface area contributed by atoms with Crippen LogP contribution in [0.4, 0.5) is 0 Å². The fraction of sp³-hybridized carbons (Fsp3) is 0.688. The highest BCUT2D eigenvalue weighted by atomic mass is 16.5. The summed E-state index contributed by atoms with van der Waals surface area (Å²) < 4.78 is 7.95. The minimum absolute atomic E-state index is 0.309. The largest absolute Gasteiger partial charge is 0.380 e. The van der Waals surface area contributed by atoms with Crippen LogP contribution < -0.4 is 0 Å². The zero-order valence-electron chi connectivity index (χ0n) is 12.4. The average Bonchev–Trinajstić information content (AvgIpc) is 2.67. The summed E-state index contributed by atoms with van der Waals surface area (Å²) in [5.41, 5.74) is 3.36. The van der Waals surface area contributed by atoms with Crippen LogP contribution in [-0.2, 0) is 17.7 Å². The number of fused-ring (bicyclic) bond motifs is 1. The third-order valence-electron chi connectivity index (χ3n) is 3.83. The first kappa shape index (κ1) is 14.3. The summed E-state index contributed by atoms with van der Waals surface area (Å²) in [6.45, 7) is 8.94. The summed E-state index contributed by atoms with van der Waals surface area (Å²) in [5, 5.41) is 0. The predicted molar refractivity (Wildman–Crippen MR) is 76.7 cm³/mol. The highest BCUT2D eigenvalue weighted by molar-refractivity contribution is 5.98. The van der Waals surface area contributed by atoms with Crippen molar-refractivity contribution in [3.05, 3.63) is 23.0 Å². The monoisotopic (exact) mass is 263 g/mol. The van der Waals surface area contributed by atoms with E-state index in [2.05, 4.69) is 25.3 Å². The zero-order valence-corrected chi connectivity index (χ0v) is 12.4. The summed E-state index contributed by atoms with van der Waals surface area (Å²) >= 11 is 0. The average molecular weight is 263 g/mol. The summed E-state index contributed by atoms with van der Waals surface area (Å²) in [6.07, 6.45) is 3.84. The van der Waals surface area contributed by atoms with E-state index in [4.69, 9.17) is 4.74 Å². The molecule has 0 radical (unpaired) electrons. The van der Waals surface area contributed by atoms with Gasteiger partial charge in [0, 0.05) is 36.5 Å². The van der Waals surface area contributed by atoms with Crippen LogP contribution in [0.2, 0.25) is 0 Å². The van der Waals surface area contributed by atoms with E-state index < -0.39 is 0 Å². The Kier molecular flexibility index (Phi) is 4.81. The van der Waals surface area contributed by atoms with Crippen molar-refractivity contribution in [2.45, 2.75) is 53.0 Å². The maximum absolute atomic E-state index is 11.9. The number of Topliss-reactive ketones (excluding diaryl/α,β-unsaturated/α-hetero) is 1. The van der Waals surface area contributed by atoms with Gasteiger partial charge in [-0.3, -0.25) is 4.79 Å². The van der Waals surface area contributed by atoms with Crippen LogP contribution in [0.1, 0.15) is 54.9 Å². The predicted octanol–water partition coefficient (Wildman–Crippen LogP) is 3.38. The van der Waals surface area contributed by atoms with E-state index in [0.717, 1.165) is 44.6 Å². The lowest BCUT2D eigenvalue weighted by atomic mass is 9.97. The van der Waals surface area contributed by atoms with Gasteiger partial charge >= 0.3 is 0 Å². The van der Waals surface area contributed by atoms with Gasteiger partial charge in [-0.05, 0) is 38.2 Å². The third-order valence-corrected chi connectivity index (χ3v) is 3.83. The molecule has 0 N–H and O–H groups in total. The van der Waals surface area contributed by atoms with Gasteiger partial charge in [0.15, 0.2) is 5.78 Å². The molecule has 0 unspecified atom stereocenters. The Labute approximate surface area is 115 Å². The molecule has 3 nitrogen and oxygen atoms in total. The Hall–Kier alpha value is -1.09. The molecule has 0 saturated carbocycles. The minimum Gasteiger partial charge on any atom is -0.380 e. The Balaban J connectivity index is 1.92. The summed E-state index contributed by atoms with van der Waals surface area (Å²) in [7, 11) is 0. The van der Waals surface area contributed by atoms with Gasteiger partial charge in [0.25, 0.3) is 0 Å². The van der Waals surface area contributed by atoms with Gasteiger partial charge in [0.2, 0.25) is 0 Å². The molecule has 0 aromatic carbocycles. The molecule has 1 aromatic rings. The van der Waals surface area contributed by atoms with Crippen LogP contribution in [0.3, 0.4) is 0 Å². The van der Waals surface area contributed by atoms with Crippen molar-refractivity contribution in [3.8, 4) is 0 Å². The number of aryl methyl sites for hydroxylation is 1. The first-order chi connectivity index (χ1) is 9.09. The van der Waals surface area contributed by atoms with E-state index in [0.29, 0.717) is 18.1 Å². The van der Waals surface area contributed by atoms with Crippen molar-refractivity contribution >= 4 is 5.78 Å². The van der Waals surface area contributed by atoms with Gasteiger partial charge in [-0.25, -0.2) is 0 Å². The molecule has 1 aliphatic carbocycles. The van der Waals surface area contributed by atoms with Crippen molar-refractivity contribution in [2.75, 3.05) is 13.2 Å². The molecule has 0 bridgehead atoms. The highest BCUT2D eigenvalue weighted by Gasteiger charge is 2.22. The van der Waals surface area contributed by atoms with Gasteiger partial charge in [0.05, 0.1) is 6.61 Å². The van der Waals surface area contributed by atoms with Crippen LogP contribution in [0.15, 0.2) is 6.07 Å². The number of aromatic nitrogens is 1. The second kappa shape index (κ2) is 6.38. The number of nitrogens with zero attached hydrogens (tertiary/aromatic N) is 1. The second-order valence-corrected chi connectivity index (χ2v) is 5.87. The molecule has 1 aromatic heterocycles. The Morgan fingerprint density at radius 2 is 2.11 bits per heavy atom. The van der Waals surface area contributed by atoms with Gasteiger partial charge in [-0.1, -0.05) is 13.8 Å². The number of hydrogen-bond donors (Lipinski definition) is 0. The van der Waals surface area contributed by atoms with Crippen molar-refractivity contribution < 1.29 is 9.53 Å². The molecule has 0 spiro atoms. The van der Waals surface area contributed by atoms with Crippen molar-refractivity contribution in [3.63, 3.8) is 0 Å². The van der Waals surface area contributed by atoms with E-state index in [-0.39, 0.29) is 0 Å². The molecule has 2 rings (SSSR count). The Morgan fingerprint density at radius 1 is 1.32 bits per heavy atom. The third kappa shape index (κ3) is 3.47. The second-order valence-electron chi connectivity index (χ2n) is 5.87. The lowest BCUT2D eigenvalue weighted by Gasteiger charge is -2.16. The number of rotatable bonds is 6. The standard InChI is InChI=1S/C16H25NO2/c1-12(2)7-9-19-10-8-17-13(3)11-14-15(17)5-4-6-16(14)18/h11-12H,4-10H2,1-3H3. The van der Waals surface area contributed by atoms with Crippen molar-refractivity contribution in [2.24, 2.45) is 5.92 Å². The fourth-order valence-corrected chi connectivity index (χ4v) is 2.68. The summed E-state index contributed by atoms with van der Waals surface area (Å²) in [5.74, 6) is 1.00. The normalized spacial score (nSPS) is 15.1. The molecule has 1 heterocycles. The first-order valence-electron chi connectivity index (χ1n) is 7.39. The van der Waals surface area contributed by atoms with Crippen molar-refractivity contribution in [1.29, 1.82) is 0 Å². The quantitative estimate of drug-likeness (QED) is 0.737. The zero-order chi connectivity index (χ0) is 13.8. The number of hydrogen-bond acceptors (Lipinski definition) is 2. The maximum atomic E-state index is 11.9. The molecule has 106 valence electrons. The molecule has 1 aliphatic rings. The summed E-state index contributed by atoms with van der Waals surface area (Å²) in [6, 6.07) is 2.05. The van der Waals surface area contributed by atoms with E-state index in [9.17, 15) is 4.79 Å². The highest BCUT2D eigenvalue weighted by Crippen LogP contribution is 2.24. The first-order valence-corrected chi connectivity index (χ1v) is 7.39. The lowest BCUT2D eigenvalue weighted by molar-refractivity contribution is 0.0969. The minimum atomic E-state index is 0.309. The van der Waals surface area contributed by atoms with Gasteiger partial charge in [-0.15, -0.1) is 0 Å². The van der Waals surface area contributed by atoms with Crippen LogP contribution in [0.5, 0.6) is 0 Å². The van der Waals surface area contributed by atoms with Crippen LogP contribution >= 0.6 is 0 Å². The molecule has 3 heteroatoms. The molecule has 0 saturated heterocycles.